The van der Waals surface area contributed by atoms with Crippen LogP contribution in [0, 0.1) is 5.92 Å². The molecule has 0 saturated carbocycles. The Morgan fingerprint density at radius 2 is 2.21 bits per heavy atom. The summed E-state index contributed by atoms with van der Waals surface area (Å²) in [5.74, 6) is 1.63. The Morgan fingerprint density at radius 3 is 2.95 bits per heavy atom. The normalized spacial score (nSPS) is 19.7. The molecule has 0 amide bonds. The molecule has 3 rings (SSSR count). The first-order valence-corrected chi connectivity index (χ1v) is 7.20. The minimum atomic E-state index is 0.744. The van der Waals surface area contributed by atoms with E-state index in [1.807, 2.05) is 24.3 Å². The summed E-state index contributed by atoms with van der Waals surface area (Å²) in [6, 6.07) is 9.97. The molecule has 1 atom stereocenters. The standard InChI is InChI=1S/C16H18ClNO/c1-12-4-2-8-18(11-12)15-7-6-13(17)10-14(15)16-5-3-9-19-16/h3,5-7,9-10,12H,2,4,8,11H2,1H3. The summed E-state index contributed by atoms with van der Waals surface area (Å²) in [7, 11) is 0. The number of hydrogen-bond donors (Lipinski definition) is 0. The van der Waals surface area contributed by atoms with Crippen molar-refractivity contribution >= 4 is 17.3 Å². The average Bonchev–Trinajstić information content (AvgIpc) is 2.92. The van der Waals surface area contributed by atoms with Crippen LogP contribution in [-0.2, 0) is 0 Å². The number of piperidine rings is 1. The zero-order chi connectivity index (χ0) is 13.2. The van der Waals surface area contributed by atoms with E-state index in [1.165, 1.54) is 18.5 Å². The highest BCUT2D eigenvalue weighted by Crippen LogP contribution is 2.35. The van der Waals surface area contributed by atoms with Gasteiger partial charge in [0.15, 0.2) is 0 Å². The van der Waals surface area contributed by atoms with Crippen LogP contribution < -0.4 is 4.90 Å². The maximum Gasteiger partial charge on any atom is 0.135 e. The van der Waals surface area contributed by atoms with Gasteiger partial charge < -0.3 is 9.32 Å². The van der Waals surface area contributed by atoms with Gasteiger partial charge in [-0.1, -0.05) is 18.5 Å². The summed E-state index contributed by atoms with van der Waals surface area (Å²) in [5, 5.41) is 0.750. The summed E-state index contributed by atoms with van der Waals surface area (Å²) in [4.78, 5) is 2.45. The van der Waals surface area contributed by atoms with E-state index in [9.17, 15) is 0 Å². The monoisotopic (exact) mass is 275 g/mol. The quantitative estimate of drug-likeness (QED) is 0.780. The van der Waals surface area contributed by atoms with Crippen molar-refractivity contribution in [2.45, 2.75) is 19.8 Å². The van der Waals surface area contributed by atoms with Gasteiger partial charge in [0, 0.05) is 29.4 Å². The molecule has 1 aromatic heterocycles. The summed E-state index contributed by atoms with van der Waals surface area (Å²) in [6.07, 6.45) is 4.28. The van der Waals surface area contributed by atoms with Crippen molar-refractivity contribution in [3.8, 4) is 11.3 Å². The first-order chi connectivity index (χ1) is 9.24. The maximum absolute atomic E-state index is 6.14. The molecule has 1 unspecified atom stereocenters. The molecular formula is C16H18ClNO. The van der Waals surface area contributed by atoms with Crippen LogP contribution in [0.3, 0.4) is 0 Å². The lowest BCUT2D eigenvalue weighted by Gasteiger charge is -2.34. The van der Waals surface area contributed by atoms with Gasteiger partial charge in [0.2, 0.25) is 0 Å². The summed E-state index contributed by atoms with van der Waals surface area (Å²) in [5.41, 5.74) is 2.32. The summed E-state index contributed by atoms with van der Waals surface area (Å²) < 4.78 is 5.55. The molecule has 2 aromatic rings. The smallest absolute Gasteiger partial charge is 0.135 e. The second kappa shape index (κ2) is 5.30. The largest absolute Gasteiger partial charge is 0.464 e. The Kier molecular flexibility index (Phi) is 3.52. The molecular weight excluding hydrogens is 258 g/mol. The van der Waals surface area contributed by atoms with Crippen molar-refractivity contribution in [3.05, 3.63) is 41.6 Å². The van der Waals surface area contributed by atoms with Gasteiger partial charge in [-0.05, 0) is 49.1 Å². The van der Waals surface area contributed by atoms with Crippen LogP contribution in [0.2, 0.25) is 5.02 Å². The minimum absolute atomic E-state index is 0.744. The lowest BCUT2D eigenvalue weighted by molar-refractivity contribution is 0.447. The third-order valence-corrected chi connectivity index (χ3v) is 3.98. The number of halogens is 1. The maximum atomic E-state index is 6.14. The number of anilines is 1. The molecule has 1 aromatic carbocycles. The fraction of sp³-hybridized carbons (Fsp3) is 0.375. The van der Waals surface area contributed by atoms with Gasteiger partial charge in [-0.25, -0.2) is 0 Å². The van der Waals surface area contributed by atoms with Gasteiger partial charge in [0.25, 0.3) is 0 Å². The van der Waals surface area contributed by atoms with Crippen molar-refractivity contribution in [2.24, 2.45) is 5.92 Å². The zero-order valence-corrected chi connectivity index (χ0v) is 11.9. The lowest BCUT2D eigenvalue weighted by atomic mass is 9.98. The van der Waals surface area contributed by atoms with Gasteiger partial charge in [-0.2, -0.15) is 0 Å². The van der Waals surface area contributed by atoms with Crippen LogP contribution in [0.1, 0.15) is 19.8 Å². The Balaban J connectivity index is 2.01. The second-order valence-corrected chi connectivity index (χ2v) is 5.77. The van der Waals surface area contributed by atoms with E-state index < -0.39 is 0 Å². The molecule has 0 bridgehead atoms. The lowest BCUT2D eigenvalue weighted by Crippen LogP contribution is -2.34. The van der Waals surface area contributed by atoms with Gasteiger partial charge >= 0.3 is 0 Å². The SMILES string of the molecule is CC1CCCN(c2ccc(Cl)cc2-c2ccco2)C1. The van der Waals surface area contributed by atoms with Gasteiger partial charge in [0.05, 0.1) is 6.26 Å². The van der Waals surface area contributed by atoms with Crippen LogP contribution in [0.5, 0.6) is 0 Å². The molecule has 1 aliphatic heterocycles. The van der Waals surface area contributed by atoms with Gasteiger partial charge in [0.1, 0.15) is 5.76 Å². The highest BCUT2D eigenvalue weighted by molar-refractivity contribution is 6.31. The molecule has 1 aliphatic rings. The summed E-state index contributed by atoms with van der Waals surface area (Å²) in [6.45, 7) is 4.53. The van der Waals surface area contributed by atoms with Crippen LogP contribution in [0.15, 0.2) is 41.0 Å². The van der Waals surface area contributed by atoms with Crippen LogP contribution in [-0.4, -0.2) is 13.1 Å². The molecule has 0 spiro atoms. The Morgan fingerprint density at radius 1 is 1.32 bits per heavy atom. The predicted octanol–water partition coefficient (Wildman–Crippen LogP) is 4.84. The van der Waals surface area contributed by atoms with Gasteiger partial charge in [-0.15, -0.1) is 0 Å². The van der Waals surface area contributed by atoms with E-state index in [-0.39, 0.29) is 0 Å². The fourth-order valence-corrected chi connectivity index (χ4v) is 2.99. The highest BCUT2D eigenvalue weighted by atomic mass is 35.5. The number of nitrogens with zero attached hydrogens (tertiary/aromatic N) is 1. The first kappa shape index (κ1) is 12.6. The van der Waals surface area contributed by atoms with Gasteiger partial charge in [-0.3, -0.25) is 0 Å². The second-order valence-electron chi connectivity index (χ2n) is 5.33. The molecule has 100 valence electrons. The number of rotatable bonds is 2. The Hall–Kier alpha value is -1.41. The van der Waals surface area contributed by atoms with E-state index >= 15 is 0 Å². The van der Waals surface area contributed by atoms with E-state index in [0.29, 0.717) is 0 Å². The van der Waals surface area contributed by atoms with E-state index in [1.54, 1.807) is 6.26 Å². The molecule has 1 saturated heterocycles. The van der Waals surface area contributed by atoms with Crippen LogP contribution in [0.25, 0.3) is 11.3 Å². The molecule has 19 heavy (non-hydrogen) atoms. The van der Waals surface area contributed by atoms with Crippen molar-refractivity contribution in [2.75, 3.05) is 18.0 Å². The molecule has 0 aliphatic carbocycles. The van der Waals surface area contributed by atoms with Crippen LogP contribution in [0.4, 0.5) is 5.69 Å². The molecule has 0 N–H and O–H groups in total. The van der Waals surface area contributed by atoms with E-state index in [0.717, 1.165) is 35.4 Å². The predicted molar refractivity (Wildman–Crippen MR) is 79.8 cm³/mol. The number of furan rings is 1. The average molecular weight is 276 g/mol. The zero-order valence-electron chi connectivity index (χ0n) is 11.1. The van der Waals surface area contributed by atoms with E-state index in [4.69, 9.17) is 16.0 Å². The van der Waals surface area contributed by atoms with Crippen molar-refractivity contribution in [1.29, 1.82) is 0 Å². The Bertz CT molecular complexity index is 550. The third-order valence-electron chi connectivity index (χ3n) is 3.74. The molecule has 0 radical (unpaired) electrons. The minimum Gasteiger partial charge on any atom is -0.464 e. The Labute approximate surface area is 119 Å². The van der Waals surface area contributed by atoms with E-state index in [2.05, 4.69) is 17.9 Å². The first-order valence-electron chi connectivity index (χ1n) is 6.82. The number of benzene rings is 1. The molecule has 2 nitrogen and oxygen atoms in total. The third kappa shape index (κ3) is 2.64. The van der Waals surface area contributed by atoms with Crippen molar-refractivity contribution in [3.63, 3.8) is 0 Å². The molecule has 3 heteroatoms. The fourth-order valence-electron chi connectivity index (χ4n) is 2.82. The highest BCUT2D eigenvalue weighted by Gasteiger charge is 2.20. The van der Waals surface area contributed by atoms with Crippen molar-refractivity contribution < 1.29 is 4.42 Å². The summed E-state index contributed by atoms with van der Waals surface area (Å²) >= 11 is 6.14. The number of hydrogen-bond acceptors (Lipinski definition) is 2. The van der Waals surface area contributed by atoms with Crippen LogP contribution >= 0.6 is 11.6 Å². The molecule has 2 heterocycles. The molecule has 1 fully saturated rings. The topological polar surface area (TPSA) is 16.4 Å². The van der Waals surface area contributed by atoms with Crippen molar-refractivity contribution in [1.82, 2.24) is 0 Å².